The Morgan fingerprint density at radius 1 is 0.606 bits per heavy atom. The van der Waals surface area contributed by atoms with Crippen LogP contribution in [0.4, 0.5) is 0 Å². The van der Waals surface area contributed by atoms with Crippen molar-refractivity contribution < 1.29 is 14.3 Å². The summed E-state index contributed by atoms with van der Waals surface area (Å²) >= 11 is 0. The molecule has 0 radical (unpaired) electrons. The summed E-state index contributed by atoms with van der Waals surface area (Å²) in [5.41, 5.74) is 1.82. The Morgan fingerprint density at radius 2 is 1.12 bits per heavy atom. The summed E-state index contributed by atoms with van der Waals surface area (Å²) in [5, 5.41) is 0. The molecule has 0 unspecified atom stereocenters. The summed E-state index contributed by atoms with van der Waals surface area (Å²) in [6, 6.07) is 15.1. The van der Waals surface area contributed by atoms with Crippen LogP contribution in [0, 0.1) is 0 Å². The summed E-state index contributed by atoms with van der Waals surface area (Å²) in [5.74, 6) is 1.05. The molecule has 2 rings (SSSR count). The highest BCUT2D eigenvalue weighted by Crippen LogP contribution is 2.18. The topological polar surface area (TPSA) is 35.5 Å². The van der Waals surface area contributed by atoms with E-state index in [9.17, 15) is 4.79 Å². The lowest BCUT2D eigenvalue weighted by Gasteiger charge is -2.08. The lowest BCUT2D eigenvalue weighted by atomic mass is 10.1. The first-order valence-electron chi connectivity index (χ1n) is 13.3. The Labute approximate surface area is 201 Å². The van der Waals surface area contributed by atoms with Crippen molar-refractivity contribution in [3.8, 4) is 11.5 Å². The largest absolute Gasteiger partial charge is 0.494 e. The fourth-order valence-electron chi connectivity index (χ4n) is 3.94. The number of ether oxygens (including phenoxy) is 2. The molecule has 182 valence electrons. The van der Waals surface area contributed by atoms with Gasteiger partial charge in [-0.3, -0.25) is 0 Å². The van der Waals surface area contributed by atoms with Crippen LogP contribution < -0.4 is 9.47 Å². The molecule has 0 aliphatic rings. The normalized spacial score (nSPS) is 10.8. The number of hydrogen-bond donors (Lipinski definition) is 0. The zero-order valence-corrected chi connectivity index (χ0v) is 21.0. The van der Waals surface area contributed by atoms with Crippen LogP contribution in [0.5, 0.6) is 11.5 Å². The molecule has 3 nitrogen and oxygen atoms in total. The first-order valence-corrected chi connectivity index (χ1v) is 13.3. The van der Waals surface area contributed by atoms with E-state index in [0.29, 0.717) is 11.3 Å². The predicted octanol–water partition coefficient (Wildman–Crippen LogP) is 8.94. The van der Waals surface area contributed by atoms with Gasteiger partial charge in [-0.15, -0.1) is 0 Å². The van der Waals surface area contributed by atoms with Crippen LogP contribution in [0.2, 0.25) is 0 Å². The maximum Gasteiger partial charge on any atom is 0.343 e. The van der Waals surface area contributed by atoms with Gasteiger partial charge in [0.25, 0.3) is 0 Å². The maximum absolute atomic E-state index is 12.4. The molecular weight excluding hydrogens is 408 g/mol. The predicted molar refractivity (Wildman–Crippen MR) is 138 cm³/mol. The number of esters is 1. The number of unbranched alkanes of at least 4 members (excludes halogenated alkanes) is 11. The van der Waals surface area contributed by atoms with E-state index < -0.39 is 0 Å². The van der Waals surface area contributed by atoms with Crippen LogP contribution in [0.15, 0.2) is 48.5 Å². The highest BCUT2D eigenvalue weighted by Gasteiger charge is 2.09. The Morgan fingerprint density at radius 3 is 1.73 bits per heavy atom. The maximum atomic E-state index is 12.4. The minimum Gasteiger partial charge on any atom is -0.494 e. The van der Waals surface area contributed by atoms with Gasteiger partial charge in [0.15, 0.2) is 0 Å². The SMILES string of the molecule is CCCCCCCCCCCCOc1ccc(C(=O)Oc2ccc(CCCCC)cc2)cc1. The van der Waals surface area contributed by atoms with E-state index in [0.717, 1.165) is 25.2 Å². The van der Waals surface area contributed by atoms with Gasteiger partial charge >= 0.3 is 5.97 Å². The van der Waals surface area contributed by atoms with E-state index in [-0.39, 0.29) is 5.97 Å². The van der Waals surface area contributed by atoms with E-state index in [4.69, 9.17) is 9.47 Å². The first kappa shape index (κ1) is 27.0. The van der Waals surface area contributed by atoms with Gasteiger partial charge < -0.3 is 9.47 Å². The second-order valence-corrected chi connectivity index (χ2v) is 9.05. The molecule has 0 aliphatic carbocycles. The van der Waals surface area contributed by atoms with Gasteiger partial charge in [0.05, 0.1) is 12.2 Å². The van der Waals surface area contributed by atoms with E-state index in [1.165, 1.54) is 82.6 Å². The third-order valence-electron chi connectivity index (χ3n) is 6.06. The van der Waals surface area contributed by atoms with Crippen LogP contribution in [0.3, 0.4) is 0 Å². The Kier molecular flexibility index (Phi) is 14.1. The molecule has 33 heavy (non-hydrogen) atoms. The average molecular weight is 453 g/mol. The van der Waals surface area contributed by atoms with Gasteiger partial charge in [-0.1, -0.05) is 96.6 Å². The fourth-order valence-corrected chi connectivity index (χ4v) is 3.94. The molecule has 0 heterocycles. The molecule has 0 aromatic heterocycles. The van der Waals surface area contributed by atoms with Crippen LogP contribution in [-0.4, -0.2) is 12.6 Å². The van der Waals surface area contributed by atoms with Crippen molar-refractivity contribution >= 4 is 5.97 Å². The summed E-state index contributed by atoms with van der Waals surface area (Å²) in [7, 11) is 0. The van der Waals surface area contributed by atoms with Gasteiger partial charge in [-0.05, 0) is 61.2 Å². The quantitative estimate of drug-likeness (QED) is 0.129. The molecule has 0 spiro atoms. The van der Waals surface area contributed by atoms with Crippen molar-refractivity contribution in [2.75, 3.05) is 6.61 Å². The first-order chi connectivity index (χ1) is 16.2. The van der Waals surface area contributed by atoms with Crippen LogP contribution >= 0.6 is 0 Å². The molecule has 0 saturated carbocycles. The minimum atomic E-state index is -0.338. The van der Waals surface area contributed by atoms with Crippen molar-refractivity contribution in [1.82, 2.24) is 0 Å². The highest BCUT2D eigenvalue weighted by molar-refractivity contribution is 5.91. The third-order valence-corrected chi connectivity index (χ3v) is 6.06. The second-order valence-electron chi connectivity index (χ2n) is 9.05. The molecular formula is C30H44O3. The Hall–Kier alpha value is -2.29. The van der Waals surface area contributed by atoms with Crippen molar-refractivity contribution in [2.45, 2.75) is 104 Å². The molecule has 0 fully saturated rings. The third kappa shape index (κ3) is 11.9. The molecule has 2 aromatic carbocycles. The van der Waals surface area contributed by atoms with E-state index >= 15 is 0 Å². The van der Waals surface area contributed by atoms with E-state index in [1.54, 1.807) is 12.1 Å². The standard InChI is InChI=1S/C30H44O3/c1-3-5-7-8-9-10-11-12-13-15-25-32-28-23-19-27(20-24-28)30(31)33-29-21-17-26(18-22-29)16-14-6-4-2/h17-24H,3-16,25H2,1-2H3. The zero-order chi connectivity index (χ0) is 23.6. The monoisotopic (exact) mass is 452 g/mol. The average Bonchev–Trinajstić information content (AvgIpc) is 2.84. The number of aryl methyl sites for hydroxylation is 1. The Bertz CT molecular complexity index is 749. The van der Waals surface area contributed by atoms with Crippen molar-refractivity contribution in [3.05, 3.63) is 59.7 Å². The van der Waals surface area contributed by atoms with Gasteiger partial charge in [0, 0.05) is 0 Å². The van der Waals surface area contributed by atoms with E-state index in [1.807, 2.05) is 36.4 Å². The minimum absolute atomic E-state index is 0.338. The lowest BCUT2D eigenvalue weighted by molar-refractivity contribution is 0.0734. The summed E-state index contributed by atoms with van der Waals surface area (Å²) in [6.07, 6.45) is 17.9. The molecule has 2 aromatic rings. The van der Waals surface area contributed by atoms with Crippen LogP contribution in [0.1, 0.15) is 113 Å². The summed E-state index contributed by atoms with van der Waals surface area (Å²) in [4.78, 5) is 12.4. The molecule has 0 N–H and O–H groups in total. The smallest absolute Gasteiger partial charge is 0.343 e. The van der Waals surface area contributed by atoms with Crippen LogP contribution in [0.25, 0.3) is 0 Å². The molecule has 0 bridgehead atoms. The number of carbonyl (C=O) groups is 1. The molecule has 0 atom stereocenters. The van der Waals surface area contributed by atoms with Gasteiger partial charge in [-0.25, -0.2) is 4.79 Å². The van der Waals surface area contributed by atoms with Gasteiger partial charge in [0.2, 0.25) is 0 Å². The Balaban J connectivity index is 1.59. The molecule has 3 heteroatoms. The van der Waals surface area contributed by atoms with Gasteiger partial charge in [-0.2, -0.15) is 0 Å². The molecule has 0 saturated heterocycles. The molecule has 0 aliphatic heterocycles. The van der Waals surface area contributed by atoms with Crippen molar-refractivity contribution in [3.63, 3.8) is 0 Å². The zero-order valence-electron chi connectivity index (χ0n) is 21.0. The highest BCUT2D eigenvalue weighted by atomic mass is 16.5. The van der Waals surface area contributed by atoms with Gasteiger partial charge in [0.1, 0.15) is 11.5 Å². The number of carbonyl (C=O) groups excluding carboxylic acids is 1. The fraction of sp³-hybridized carbons (Fsp3) is 0.567. The van der Waals surface area contributed by atoms with E-state index in [2.05, 4.69) is 13.8 Å². The van der Waals surface area contributed by atoms with Crippen LogP contribution in [-0.2, 0) is 6.42 Å². The van der Waals surface area contributed by atoms with Crippen molar-refractivity contribution in [2.24, 2.45) is 0 Å². The summed E-state index contributed by atoms with van der Waals surface area (Å²) < 4.78 is 11.3. The molecule has 0 amide bonds. The summed E-state index contributed by atoms with van der Waals surface area (Å²) in [6.45, 7) is 5.20. The second kappa shape index (κ2) is 17.2. The number of hydrogen-bond acceptors (Lipinski definition) is 3. The number of benzene rings is 2. The lowest BCUT2D eigenvalue weighted by Crippen LogP contribution is -2.08. The number of rotatable bonds is 18. The van der Waals surface area contributed by atoms with Crippen molar-refractivity contribution in [1.29, 1.82) is 0 Å².